The molecular formula is C16H27NO. The molecule has 2 nitrogen and oxygen atoms in total. The third kappa shape index (κ3) is 4.91. The molecule has 1 heterocycles. The van der Waals surface area contributed by atoms with Gasteiger partial charge in [-0.15, -0.1) is 0 Å². The average molecular weight is 249 g/mol. The summed E-state index contributed by atoms with van der Waals surface area (Å²) >= 11 is 0. The number of allylic oxidation sites excluding steroid dienone is 3. The minimum atomic E-state index is 0.122. The van der Waals surface area contributed by atoms with Crippen molar-refractivity contribution < 1.29 is 4.79 Å². The predicted molar refractivity (Wildman–Crippen MR) is 79.5 cm³/mol. The normalized spacial score (nSPS) is 15.4. The van der Waals surface area contributed by atoms with Gasteiger partial charge in [-0.3, -0.25) is 4.79 Å². The lowest BCUT2D eigenvalue weighted by Crippen LogP contribution is -2.42. The first-order chi connectivity index (χ1) is 8.72. The van der Waals surface area contributed by atoms with E-state index in [0.29, 0.717) is 0 Å². The van der Waals surface area contributed by atoms with Gasteiger partial charge in [0.05, 0.1) is 0 Å². The molecule has 0 aromatic rings. The lowest BCUT2D eigenvalue weighted by Gasteiger charge is -2.31. The molecule has 1 saturated heterocycles. The van der Waals surface area contributed by atoms with Crippen LogP contribution in [0.4, 0.5) is 0 Å². The standard InChI is InChI=1S/C14H21NO.C2H6/c1-4-8-12(5-2)11-13(6-3)14(16)15-9-7-10-15;1-2/h6,8,11H,3-5,7,9-10H2,1-2H3;1-2H3/b12-8-,13-11+;. The summed E-state index contributed by atoms with van der Waals surface area (Å²) in [4.78, 5) is 13.8. The van der Waals surface area contributed by atoms with Gasteiger partial charge in [0.2, 0.25) is 0 Å². The molecule has 0 radical (unpaired) electrons. The van der Waals surface area contributed by atoms with E-state index in [0.717, 1.165) is 37.9 Å². The highest BCUT2D eigenvalue weighted by Crippen LogP contribution is 2.15. The van der Waals surface area contributed by atoms with E-state index >= 15 is 0 Å². The molecule has 0 saturated carbocycles. The van der Waals surface area contributed by atoms with Crippen molar-refractivity contribution in [2.24, 2.45) is 0 Å². The Balaban J connectivity index is 0.00000137. The van der Waals surface area contributed by atoms with Crippen LogP contribution < -0.4 is 0 Å². The van der Waals surface area contributed by atoms with Gasteiger partial charge in [0, 0.05) is 18.7 Å². The Kier molecular flexibility index (Phi) is 8.99. The number of hydrogen-bond acceptors (Lipinski definition) is 1. The van der Waals surface area contributed by atoms with Crippen LogP contribution >= 0.6 is 0 Å². The fourth-order valence-corrected chi connectivity index (χ4v) is 1.68. The summed E-state index contributed by atoms with van der Waals surface area (Å²) in [6.45, 7) is 13.7. The summed E-state index contributed by atoms with van der Waals surface area (Å²) in [6, 6.07) is 0. The van der Waals surface area contributed by atoms with Crippen LogP contribution in [-0.4, -0.2) is 23.9 Å². The van der Waals surface area contributed by atoms with Crippen molar-refractivity contribution in [1.29, 1.82) is 0 Å². The molecule has 0 aromatic heterocycles. The maximum absolute atomic E-state index is 12.0. The highest BCUT2D eigenvalue weighted by Gasteiger charge is 2.21. The van der Waals surface area contributed by atoms with Gasteiger partial charge in [0.25, 0.3) is 5.91 Å². The van der Waals surface area contributed by atoms with Crippen molar-refractivity contribution >= 4 is 5.91 Å². The van der Waals surface area contributed by atoms with Crippen LogP contribution in [0, 0.1) is 0 Å². The zero-order valence-corrected chi connectivity index (χ0v) is 12.3. The predicted octanol–water partition coefficient (Wildman–Crippen LogP) is 4.10. The number of amides is 1. The summed E-state index contributed by atoms with van der Waals surface area (Å²) < 4.78 is 0. The van der Waals surface area contributed by atoms with Gasteiger partial charge in [-0.25, -0.2) is 0 Å². The van der Waals surface area contributed by atoms with Gasteiger partial charge >= 0.3 is 0 Å². The van der Waals surface area contributed by atoms with E-state index in [1.165, 1.54) is 5.57 Å². The molecule has 1 aliphatic rings. The minimum absolute atomic E-state index is 0.122. The van der Waals surface area contributed by atoms with E-state index in [1.807, 2.05) is 24.8 Å². The number of hydrogen-bond donors (Lipinski definition) is 0. The van der Waals surface area contributed by atoms with E-state index in [2.05, 4.69) is 26.5 Å². The third-order valence-corrected chi connectivity index (χ3v) is 2.83. The highest BCUT2D eigenvalue weighted by atomic mass is 16.2. The van der Waals surface area contributed by atoms with Gasteiger partial charge in [-0.2, -0.15) is 0 Å². The second-order valence-corrected chi connectivity index (χ2v) is 3.99. The molecule has 0 atom stereocenters. The van der Waals surface area contributed by atoms with Crippen LogP contribution in [0.5, 0.6) is 0 Å². The lowest BCUT2D eigenvalue weighted by atomic mass is 10.1. The Bertz CT molecular complexity index is 322. The van der Waals surface area contributed by atoms with E-state index < -0.39 is 0 Å². The van der Waals surface area contributed by atoms with Crippen molar-refractivity contribution in [2.75, 3.05) is 13.1 Å². The first-order valence-electron chi connectivity index (χ1n) is 7.05. The first kappa shape index (κ1) is 16.7. The second kappa shape index (κ2) is 9.69. The number of rotatable bonds is 5. The maximum Gasteiger partial charge on any atom is 0.253 e. The van der Waals surface area contributed by atoms with Crippen LogP contribution in [0.3, 0.4) is 0 Å². The Hall–Kier alpha value is -1.31. The summed E-state index contributed by atoms with van der Waals surface area (Å²) in [5, 5.41) is 0. The Labute approximate surface area is 112 Å². The van der Waals surface area contributed by atoms with Gasteiger partial charge in [0.15, 0.2) is 0 Å². The molecule has 1 aliphatic heterocycles. The average Bonchev–Trinajstić information content (AvgIpc) is 2.34. The molecule has 1 fully saturated rings. The van der Waals surface area contributed by atoms with Crippen molar-refractivity contribution in [3.05, 3.63) is 36.0 Å². The van der Waals surface area contributed by atoms with Crippen LogP contribution in [0.15, 0.2) is 36.0 Å². The number of nitrogens with zero attached hydrogens (tertiary/aromatic N) is 1. The smallest absolute Gasteiger partial charge is 0.253 e. The second-order valence-electron chi connectivity index (χ2n) is 3.99. The van der Waals surface area contributed by atoms with E-state index in [-0.39, 0.29) is 5.91 Å². The topological polar surface area (TPSA) is 20.3 Å². The fourth-order valence-electron chi connectivity index (χ4n) is 1.68. The van der Waals surface area contributed by atoms with Crippen molar-refractivity contribution in [1.82, 2.24) is 4.90 Å². The summed E-state index contributed by atoms with van der Waals surface area (Å²) in [5.74, 6) is 0.122. The quantitative estimate of drug-likeness (QED) is 0.530. The fraction of sp³-hybridized carbons (Fsp3) is 0.562. The molecule has 0 N–H and O–H groups in total. The first-order valence-corrected chi connectivity index (χ1v) is 7.05. The highest BCUT2D eigenvalue weighted by molar-refractivity contribution is 5.96. The van der Waals surface area contributed by atoms with Gasteiger partial charge < -0.3 is 4.90 Å². The lowest BCUT2D eigenvalue weighted by molar-refractivity contribution is -0.130. The maximum atomic E-state index is 12.0. The molecule has 0 aromatic carbocycles. The molecule has 0 unspecified atom stereocenters. The van der Waals surface area contributed by atoms with Crippen LogP contribution in [-0.2, 0) is 4.79 Å². The largest absolute Gasteiger partial charge is 0.339 e. The molecule has 0 aliphatic carbocycles. The summed E-state index contributed by atoms with van der Waals surface area (Å²) in [7, 11) is 0. The monoisotopic (exact) mass is 249 g/mol. The summed E-state index contributed by atoms with van der Waals surface area (Å²) in [5.41, 5.74) is 1.94. The number of carbonyl (C=O) groups excluding carboxylic acids is 1. The van der Waals surface area contributed by atoms with E-state index in [1.54, 1.807) is 6.08 Å². The van der Waals surface area contributed by atoms with Gasteiger partial charge in [0.1, 0.15) is 0 Å². The molecule has 102 valence electrons. The molecule has 18 heavy (non-hydrogen) atoms. The third-order valence-electron chi connectivity index (χ3n) is 2.83. The van der Waals surface area contributed by atoms with E-state index in [9.17, 15) is 4.79 Å². The van der Waals surface area contributed by atoms with Gasteiger partial charge in [-0.05, 0) is 25.3 Å². The van der Waals surface area contributed by atoms with Crippen molar-refractivity contribution in [3.63, 3.8) is 0 Å². The Morgan fingerprint density at radius 2 is 1.89 bits per heavy atom. The molecule has 0 bridgehead atoms. The number of likely N-dealkylation sites (tertiary alicyclic amines) is 1. The van der Waals surface area contributed by atoms with Crippen LogP contribution in [0.2, 0.25) is 0 Å². The molecular weight excluding hydrogens is 222 g/mol. The van der Waals surface area contributed by atoms with Gasteiger partial charge in [-0.1, -0.05) is 52.0 Å². The molecule has 2 heteroatoms. The van der Waals surface area contributed by atoms with E-state index in [4.69, 9.17) is 0 Å². The zero-order valence-electron chi connectivity index (χ0n) is 12.3. The number of carbonyl (C=O) groups is 1. The zero-order chi connectivity index (χ0) is 14.0. The molecule has 0 spiro atoms. The molecule has 1 rings (SSSR count). The van der Waals surface area contributed by atoms with Crippen LogP contribution in [0.25, 0.3) is 0 Å². The Morgan fingerprint density at radius 1 is 1.28 bits per heavy atom. The Morgan fingerprint density at radius 3 is 2.22 bits per heavy atom. The molecule has 1 amide bonds. The minimum Gasteiger partial charge on any atom is -0.339 e. The summed E-state index contributed by atoms with van der Waals surface area (Å²) in [6.07, 6.45) is 8.88. The van der Waals surface area contributed by atoms with Crippen molar-refractivity contribution in [2.45, 2.75) is 47.0 Å². The van der Waals surface area contributed by atoms with Crippen LogP contribution in [0.1, 0.15) is 47.0 Å². The SMILES string of the molecule is C=C/C(=C\C(=C/CC)CC)C(=O)N1CCC1.CC. The van der Waals surface area contributed by atoms with Crippen molar-refractivity contribution in [3.8, 4) is 0 Å².